The Hall–Kier alpha value is -1.26. The molecule has 0 saturated heterocycles. The highest BCUT2D eigenvalue weighted by Gasteiger charge is 2.02. The molecule has 0 bridgehead atoms. The van der Waals surface area contributed by atoms with Crippen LogP contribution in [0.5, 0.6) is 0 Å². The molecule has 0 aliphatic rings. The van der Waals surface area contributed by atoms with Crippen LogP contribution in [0.15, 0.2) is 24.3 Å². The predicted molar refractivity (Wildman–Crippen MR) is 75.2 cm³/mol. The number of halogens is 1. The summed E-state index contributed by atoms with van der Waals surface area (Å²) >= 11 is 5.49. The van der Waals surface area contributed by atoms with Crippen LogP contribution in [-0.4, -0.2) is 29.5 Å². The van der Waals surface area contributed by atoms with Crippen molar-refractivity contribution in [2.45, 2.75) is 25.9 Å². The van der Waals surface area contributed by atoms with Crippen LogP contribution in [0.1, 0.15) is 19.8 Å². The summed E-state index contributed by atoms with van der Waals surface area (Å²) < 4.78 is 0. The predicted octanol–water partition coefficient (Wildman–Crippen LogP) is 2.44. The van der Waals surface area contributed by atoms with Crippen LogP contribution in [0.4, 0.5) is 11.4 Å². The van der Waals surface area contributed by atoms with Gasteiger partial charge in [-0.15, -0.1) is 11.6 Å². The van der Waals surface area contributed by atoms with Crippen LogP contribution in [0.25, 0.3) is 0 Å². The van der Waals surface area contributed by atoms with Crippen molar-refractivity contribution in [3.8, 4) is 0 Å². The molecular weight excluding hydrogens is 252 g/mol. The van der Waals surface area contributed by atoms with Gasteiger partial charge in [0.15, 0.2) is 0 Å². The smallest absolute Gasteiger partial charge is 0.224 e. The molecule has 0 spiro atoms. The van der Waals surface area contributed by atoms with Gasteiger partial charge in [-0.2, -0.15) is 0 Å². The first-order valence-electron chi connectivity index (χ1n) is 6.03. The molecule has 0 saturated carbocycles. The Bertz CT molecular complexity index is 368. The van der Waals surface area contributed by atoms with Crippen molar-refractivity contribution >= 4 is 28.9 Å². The van der Waals surface area contributed by atoms with Gasteiger partial charge in [0, 0.05) is 24.3 Å². The van der Waals surface area contributed by atoms with Crippen LogP contribution in [0.3, 0.4) is 0 Å². The first-order chi connectivity index (χ1) is 8.65. The monoisotopic (exact) mass is 270 g/mol. The number of amides is 1. The van der Waals surface area contributed by atoms with Gasteiger partial charge in [-0.1, -0.05) is 6.92 Å². The third-order valence-electron chi connectivity index (χ3n) is 2.37. The lowest BCUT2D eigenvalue weighted by atomic mass is 10.2. The molecule has 0 heterocycles. The second-order valence-electron chi connectivity index (χ2n) is 4.06. The number of hydrogen-bond acceptors (Lipinski definition) is 3. The van der Waals surface area contributed by atoms with Crippen LogP contribution >= 0.6 is 11.6 Å². The van der Waals surface area contributed by atoms with Crippen LogP contribution < -0.4 is 10.6 Å². The largest absolute Gasteiger partial charge is 0.390 e. The standard InChI is InChI=1S/C13H19ClN2O2/c1-2-3-13(18)16-11-6-4-10(5-7-11)15-9-12(17)8-14/h4-7,12,15,17H,2-3,8-9H2,1H3,(H,16,18). The van der Waals surface area contributed by atoms with Crippen LogP contribution in [-0.2, 0) is 4.79 Å². The first kappa shape index (κ1) is 14.8. The summed E-state index contributed by atoms with van der Waals surface area (Å²) in [6, 6.07) is 7.34. The molecule has 0 radical (unpaired) electrons. The van der Waals surface area contributed by atoms with Crippen molar-refractivity contribution in [3.05, 3.63) is 24.3 Å². The molecule has 1 aromatic carbocycles. The molecule has 1 amide bonds. The van der Waals surface area contributed by atoms with Crippen molar-refractivity contribution < 1.29 is 9.90 Å². The second-order valence-corrected chi connectivity index (χ2v) is 4.37. The zero-order valence-electron chi connectivity index (χ0n) is 10.4. The molecule has 4 nitrogen and oxygen atoms in total. The fourth-order valence-corrected chi connectivity index (χ4v) is 1.52. The van der Waals surface area contributed by atoms with E-state index in [0.717, 1.165) is 17.8 Å². The minimum Gasteiger partial charge on any atom is -0.390 e. The Morgan fingerprint density at radius 2 is 1.94 bits per heavy atom. The molecule has 5 heteroatoms. The lowest BCUT2D eigenvalue weighted by Gasteiger charge is -2.10. The average molecular weight is 271 g/mol. The molecule has 0 aliphatic heterocycles. The molecule has 100 valence electrons. The van der Waals surface area contributed by atoms with Gasteiger partial charge in [0.05, 0.1) is 12.0 Å². The van der Waals surface area contributed by atoms with Crippen LogP contribution in [0.2, 0.25) is 0 Å². The fraction of sp³-hybridized carbons (Fsp3) is 0.462. The molecule has 0 aromatic heterocycles. The van der Waals surface area contributed by atoms with E-state index in [1.165, 1.54) is 0 Å². The maximum absolute atomic E-state index is 11.4. The number of aliphatic hydroxyl groups is 1. The van der Waals surface area contributed by atoms with Gasteiger partial charge in [0.1, 0.15) is 0 Å². The molecule has 1 rings (SSSR count). The van der Waals surface area contributed by atoms with Gasteiger partial charge < -0.3 is 15.7 Å². The number of nitrogens with one attached hydrogen (secondary N) is 2. The Morgan fingerprint density at radius 1 is 1.33 bits per heavy atom. The number of rotatable bonds is 7. The molecule has 1 aromatic rings. The average Bonchev–Trinajstić information content (AvgIpc) is 2.37. The highest BCUT2D eigenvalue weighted by Crippen LogP contribution is 2.14. The molecule has 1 atom stereocenters. The van der Waals surface area contributed by atoms with E-state index in [2.05, 4.69) is 10.6 Å². The maximum atomic E-state index is 11.4. The lowest BCUT2D eigenvalue weighted by molar-refractivity contribution is -0.116. The fourth-order valence-electron chi connectivity index (χ4n) is 1.41. The molecule has 1 unspecified atom stereocenters. The number of benzene rings is 1. The van der Waals surface area contributed by atoms with Crippen molar-refractivity contribution in [1.29, 1.82) is 0 Å². The van der Waals surface area contributed by atoms with E-state index in [1.54, 1.807) is 0 Å². The Morgan fingerprint density at radius 3 is 2.50 bits per heavy atom. The van der Waals surface area contributed by atoms with Crippen molar-refractivity contribution in [1.82, 2.24) is 0 Å². The SMILES string of the molecule is CCCC(=O)Nc1ccc(NCC(O)CCl)cc1. The number of hydrogen-bond donors (Lipinski definition) is 3. The first-order valence-corrected chi connectivity index (χ1v) is 6.57. The molecular formula is C13H19ClN2O2. The van der Waals surface area contributed by atoms with Crippen molar-refractivity contribution in [2.75, 3.05) is 23.1 Å². The third-order valence-corrected chi connectivity index (χ3v) is 2.72. The normalized spacial score (nSPS) is 11.9. The lowest BCUT2D eigenvalue weighted by Crippen LogP contribution is -2.20. The molecule has 0 aliphatic carbocycles. The second kappa shape index (κ2) is 7.95. The van der Waals surface area contributed by atoms with Gasteiger partial charge >= 0.3 is 0 Å². The highest BCUT2D eigenvalue weighted by molar-refractivity contribution is 6.18. The maximum Gasteiger partial charge on any atom is 0.224 e. The summed E-state index contributed by atoms with van der Waals surface area (Å²) in [5.41, 5.74) is 1.66. The van der Waals surface area contributed by atoms with E-state index in [1.807, 2.05) is 31.2 Å². The minimum absolute atomic E-state index is 0.0239. The summed E-state index contributed by atoms with van der Waals surface area (Å²) in [5, 5.41) is 15.2. The molecule has 0 fully saturated rings. The van der Waals surface area contributed by atoms with Gasteiger partial charge in [0.2, 0.25) is 5.91 Å². The van der Waals surface area contributed by atoms with Gasteiger partial charge in [0.25, 0.3) is 0 Å². The Balaban J connectivity index is 2.44. The van der Waals surface area contributed by atoms with E-state index < -0.39 is 6.10 Å². The van der Waals surface area contributed by atoms with Gasteiger partial charge in [-0.25, -0.2) is 0 Å². The van der Waals surface area contributed by atoms with E-state index >= 15 is 0 Å². The topological polar surface area (TPSA) is 61.4 Å². The number of anilines is 2. The number of alkyl halides is 1. The quantitative estimate of drug-likeness (QED) is 0.667. The number of aliphatic hydroxyl groups excluding tert-OH is 1. The summed E-state index contributed by atoms with van der Waals surface area (Å²) in [6.07, 6.45) is 0.805. The Labute approximate surface area is 112 Å². The summed E-state index contributed by atoms with van der Waals surface area (Å²) in [6.45, 7) is 2.37. The van der Waals surface area contributed by atoms with E-state index in [0.29, 0.717) is 13.0 Å². The number of carbonyl (C=O) groups excluding carboxylic acids is 1. The van der Waals surface area contributed by atoms with E-state index in [9.17, 15) is 9.90 Å². The molecule has 3 N–H and O–H groups in total. The van der Waals surface area contributed by atoms with E-state index in [-0.39, 0.29) is 11.8 Å². The van der Waals surface area contributed by atoms with E-state index in [4.69, 9.17) is 11.6 Å². The highest BCUT2D eigenvalue weighted by atomic mass is 35.5. The van der Waals surface area contributed by atoms with Gasteiger partial charge in [-0.05, 0) is 30.7 Å². The van der Waals surface area contributed by atoms with Crippen molar-refractivity contribution in [3.63, 3.8) is 0 Å². The van der Waals surface area contributed by atoms with Crippen LogP contribution in [0, 0.1) is 0 Å². The number of carbonyl (C=O) groups is 1. The third kappa shape index (κ3) is 5.38. The summed E-state index contributed by atoms with van der Waals surface area (Å²) in [5.74, 6) is 0.230. The summed E-state index contributed by atoms with van der Waals surface area (Å²) in [7, 11) is 0. The summed E-state index contributed by atoms with van der Waals surface area (Å²) in [4.78, 5) is 11.4. The minimum atomic E-state index is -0.560. The molecule has 18 heavy (non-hydrogen) atoms. The Kier molecular flexibility index (Phi) is 6.54. The van der Waals surface area contributed by atoms with Gasteiger partial charge in [-0.3, -0.25) is 4.79 Å². The zero-order chi connectivity index (χ0) is 13.4. The zero-order valence-corrected chi connectivity index (χ0v) is 11.2. The van der Waals surface area contributed by atoms with Crippen molar-refractivity contribution in [2.24, 2.45) is 0 Å².